The second kappa shape index (κ2) is 7.01. The number of amides is 1. The van der Waals surface area contributed by atoms with Gasteiger partial charge in [0.15, 0.2) is 10.8 Å². The predicted octanol–water partition coefficient (Wildman–Crippen LogP) is 3.15. The summed E-state index contributed by atoms with van der Waals surface area (Å²) in [6.07, 6.45) is 5.67. The molecule has 0 aliphatic rings. The maximum Gasteiger partial charge on any atom is 0.246 e. The van der Waals surface area contributed by atoms with Crippen molar-refractivity contribution in [3.8, 4) is 11.3 Å². The highest BCUT2D eigenvalue weighted by Gasteiger charge is 2.11. The number of benzene rings is 1. The number of rotatable bonds is 5. The highest BCUT2D eigenvalue weighted by atomic mass is 32.1. The van der Waals surface area contributed by atoms with Crippen LogP contribution < -0.4 is 5.32 Å². The first-order chi connectivity index (χ1) is 12.7. The predicted molar refractivity (Wildman–Crippen MR) is 101 cm³/mol. The third kappa shape index (κ3) is 3.31. The lowest BCUT2D eigenvalue weighted by Crippen LogP contribution is -2.18. The molecule has 0 fully saturated rings. The monoisotopic (exact) mass is 364 g/mol. The largest absolute Gasteiger partial charge is 0.318 e. The van der Waals surface area contributed by atoms with E-state index in [1.54, 1.807) is 17.1 Å². The molecule has 7 nitrogen and oxygen atoms in total. The number of carbonyl (C=O) groups excluding carboxylic acids is 1. The van der Waals surface area contributed by atoms with Gasteiger partial charge in [0.05, 0.1) is 18.2 Å². The molecule has 4 rings (SSSR count). The molecule has 1 amide bonds. The Morgan fingerprint density at radius 3 is 2.88 bits per heavy atom. The van der Waals surface area contributed by atoms with Crippen LogP contribution in [-0.2, 0) is 17.8 Å². The van der Waals surface area contributed by atoms with Crippen LogP contribution in [0.5, 0.6) is 0 Å². The highest BCUT2D eigenvalue weighted by Crippen LogP contribution is 2.25. The first kappa shape index (κ1) is 16.3. The minimum atomic E-state index is -0.171. The molecule has 3 aromatic heterocycles. The minimum absolute atomic E-state index is 0.129. The van der Waals surface area contributed by atoms with Gasteiger partial charge in [-0.3, -0.25) is 4.79 Å². The van der Waals surface area contributed by atoms with Crippen molar-refractivity contribution in [1.29, 1.82) is 0 Å². The third-order valence-corrected chi connectivity index (χ3v) is 4.78. The van der Waals surface area contributed by atoms with Gasteiger partial charge in [0, 0.05) is 10.9 Å². The molecule has 0 atom stereocenters. The molecule has 0 aliphatic carbocycles. The number of carbonyl (C=O) groups is 1. The lowest BCUT2D eigenvalue weighted by atomic mass is 10.1. The number of nitrogens with zero attached hydrogens (tertiary/aromatic N) is 5. The lowest BCUT2D eigenvalue weighted by molar-refractivity contribution is -0.116. The molecule has 0 saturated heterocycles. The fourth-order valence-corrected chi connectivity index (χ4v) is 3.35. The van der Waals surface area contributed by atoms with E-state index in [1.165, 1.54) is 23.2 Å². The van der Waals surface area contributed by atoms with E-state index in [0.717, 1.165) is 23.2 Å². The normalized spacial score (nSPS) is 11.0. The van der Waals surface area contributed by atoms with Crippen molar-refractivity contribution in [3.63, 3.8) is 0 Å². The van der Waals surface area contributed by atoms with Crippen molar-refractivity contribution in [2.24, 2.45) is 0 Å². The summed E-state index contributed by atoms with van der Waals surface area (Å²) in [5, 5.41) is 5.35. The molecule has 0 bridgehead atoms. The van der Waals surface area contributed by atoms with Crippen LogP contribution >= 0.6 is 11.3 Å². The van der Waals surface area contributed by atoms with Crippen LogP contribution in [0.15, 0.2) is 48.5 Å². The Balaban J connectivity index is 1.45. The molecule has 26 heavy (non-hydrogen) atoms. The number of imidazole rings is 1. The molecule has 0 spiro atoms. The number of aromatic nitrogens is 5. The van der Waals surface area contributed by atoms with E-state index in [1.807, 2.05) is 5.38 Å². The lowest BCUT2D eigenvalue weighted by Gasteiger charge is -2.03. The summed E-state index contributed by atoms with van der Waals surface area (Å²) in [7, 11) is 0. The smallest absolute Gasteiger partial charge is 0.246 e. The second-order valence-electron chi connectivity index (χ2n) is 5.74. The molecule has 130 valence electrons. The van der Waals surface area contributed by atoms with Crippen LogP contribution in [-0.4, -0.2) is 30.4 Å². The van der Waals surface area contributed by atoms with Crippen LogP contribution in [0.2, 0.25) is 0 Å². The fraction of sp³-hybridized carbons (Fsp3) is 0.167. The zero-order chi connectivity index (χ0) is 17.9. The molecule has 1 N–H and O–H groups in total. The van der Waals surface area contributed by atoms with Gasteiger partial charge in [-0.1, -0.05) is 31.2 Å². The number of hydrogen-bond donors (Lipinski definition) is 1. The fourth-order valence-electron chi connectivity index (χ4n) is 2.62. The molecule has 0 unspecified atom stereocenters. The van der Waals surface area contributed by atoms with Crippen LogP contribution in [0.1, 0.15) is 12.5 Å². The van der Waals surface area contributed by atoms with Gasteiger partial charge in [0.2, 0.25) is 5.91 Å². The molecule has 0 aliphatic heterocycles. The zero-order valence-electron chi connectivity index (χ0n) is 14.1. The van der Waals surface area contributed by atoms with Gasteiger partial charge in [-0.15, -0.1) is 11.3 Å². The van der Waals surface area contributed by atoms with Gasteiger partial charge in [-0.2, -0.15) is 0 Å². The Morgan fingerprint density at radius 2 is 2.08 bits per heavy atom. The summed E-state index contributed by atoms with van der Waals surface area (Å²) in [4.78, 5) is 29.0. The first-order valence-corrected chi connectivity index (χ1v) is 9.06. The molecular formula is C18H16N6OS. The third-order valence-electron chi connectivity index (χ3n) is 4.02. The molecule has 8 heteroatoms. The van der Waals surface area contributed by atoms with E-state index in [2.05, 4.69) is 56.4 Å². The molecule has 0 saturated carbocycles. The number of thiazole rings is 1. The van der Waals surface area contributed by atoms with Crippen LogP contribution in [0.25, 0.3) is 22.4 Å². The maximum absolute atomic E-state index is 12.3. The number of nitrogens with one attached hydrogen (secondary N) is 1. The van der Waals surface area contributed by atoms with Gasteiger partial charge < -0.3 is 9.88 Å². The van der Waals surface area contributed by atoms with Crippen molar-refractivity contribution in [3.05, 3.63) is 54.1 Å². The Hall–Kier alpha value is -3.13. The van der Waals surface area contributed by atoms with Crippen LogP contribution in [0.3, 0.4) is 0 Å². The first-order valence-electron chi connectivity index (χ1n) is 8.18. The Bertz CT molecular complexity index is 1050. The van der Waals surface area contributed by atoms with Crippen molar-refractivity contribution < 1.29 is 4.79 Å². The van der Waals surface area contributed by atoms with E-state index in [-0.39, 0.29) is 12.5 Å². The van der Waals surface area contributed by atoms with Gasteiger partial charge >= 0.3 is 0 Å². The van der Waals surface area contributed by atoms with Crippen molar-refractivity contribution in [2.45, 2.75) is 19.9 Å². The standard InChI is InChI=1S/C18H16N6OS/c1-2-12-3-5-13(6-4-12)14-9-26-18(22-14)23-16(25)8-24-11-21-17-15(24)7-19-10-20-17/h3-7,9-11H,2,8H2,1H3,(H,22,23,25). The topological polar surface area (TPSA) is 85.6 Å². The summed E-state index contributed by atoms with van der Waals surface area (Å²) in [6.45, 7) is 2.26. The Labute approximate surface area is 153 Å². The van der Waals surface area contributed by atoms with Gasteiger partial charge in [0.25, 0.3) is 0 Å². The van der Waals surface area contributed by atoms with E-state index >= 15 is 0 Å². The Morgan fingerprint density at radius 1 is 1.23 bits per heavy atom. The van der Waals surface area contributed by atoms with Crippen LogP contribution in [0, 0.1) is 0 Å². The highest BCUT2D eigenvalue weighted by molar-refractivity contribution is 7.14. The van der Waals surface area contributed by atoms with Crippen molar-refractivity contribution in [1.82, 2.24) is 24.5 Å². The number of aryl methyl sites for hydroxylation is 1. The van der Waals surface area contributed by atoms with Gasteiger partial charge in [0.1, 0.15) is 18.4 Å². The number of fused-ring (bicyclic) bond motifs is 1. The molecule has 0 radical (unpaired) electrons. The summed E-state index contributed by atoms with van der Waals surface area (Å²) in [6, 6.07) is 8.30. The summed E-state index contributed by atoms with van der Waals surface area (Å²) in [5.41, 5.74) is 4.47. The Kier molecular flexibility index (Phi) is 4.40. The van der Waals surface area contributed by atoms with E-state index in [9.17, 15) is 4.79 Å². The molecule has 4 aromatic rings. The van der Waals surface area contributed by atoms with Crippen molar-refractivity contribution >= 4 is 33.5 Å². The number of anilines is 1. The molecule has 3 heterocycles. The summed E-state index contributed by atoms with van der Waals surface area (Å²) < 4.78 is 1.71. The zero-order valence-corrected chi connectivity index (χ0v) is 14.9. The van der Waals surface area contributed by atoms with E-state index in [4.69, 9.17) is 0 Å². The SMILES string of the molecule is CCc1ccc(-c2csc(NC(=O)Cn3cnc4ncncc43)n2)cc1. The van der Waals surface area contributed by atoms with Gasteiger partial charge in [-0.25, -0.2) is 19.9 Å². The van der Waals surface area contributed by atoms with Crippen molar-refractivity contribution in [2.75, 3.05) is 5.32 Å². The summed E-state index contributed by atoms with van der Waals surface area (Å²) in [5.74, 6) is -0.171. The average molecular weight is 364 g/mol. The van der Waals surface area contributed by atoms with Gasteiger partial charge in [-0.05, 0) is 12.0 Å². The van der Waals surface area contributed by atoms with E-state index < -0.39 is 0 Å². The average Bonchev–Trinajstić information content (AvgIpc) is 3.29. The summed E-state index contributed by atoms with van der Waals surface area (Å²) >= 11 is 1.41. The molecule has 1 aromatic carbocycles. The molecular weight excluding hydrogens is 348 g/mol. The van der Waals surface area contributed by atoms with Crippen LogP contribution in [0.4, 0.5) is 5.13 Å². The number of hydrogen-bond acceptors (Lipinski definition) is 6. The quantitative estimate of drug-likeness (QED) is 0.588. The maximum atomic E-state index is 12.3. The van der Waals surface area contributed by atoms with E-state index in [0.29, 0.717) is 10.8 Å². The second-order valence-corrected chi connectivity index (χ2v) is 6.60. The minimum Gasteiger partial charge on any atom is -0.318 e.